The first-order valence-electron chi connectivity index (χ1n) is 0.342. The molecule has 0 atom stereocenters. The van der Waals surface area contributed by atoms with E-state index in [4.69, 9.17) is 0 Å². The first-order chi connectivity index (χ1) is 1.73. The quantitative estimate of drug-likeness (QED) is 0.180. The summed E-state index contributed by atoms with van der Waals surface area (Å²) in [7, 11) is 0. The predicted octanol–water partition coefficient (Wildman–Crippen LogP) is -3.34. The summed E-state index contributed by atoms with van der Waals surface area (Å²) in [6.07, 6.45) is 0. The van der Waals surface area contributed by atoms with Crippen LogP contribution in [0.1, 0.15) is 0 Å². The average Bonchev–Trinajstić information content (AvgIpc) is 0.811. The fourth-order valence-electron chi connectivity index (χ4n) is 0. The van der Waals surface area contributed by atoms with Gasteiger partial charge < -0.3 is 24.0 Å². The van der Waals surface area contributed by atoms with Gasteiger partial charge in [0.05, 0.1) is 0 Å². The summed E-state index contributed by atoms with van der Waals surface area (Å²) in [4.78, 5) is 0. The van der Waals surface area contributed by atoms with Crippen LogP contribution in [0, 0.1) is 0 Å². The van der Waals surface area contributed by atoms with Crippen molar-refractivity contribution < 1.29 is 82.4 Å². The summed E-state index contributed by atoms with van der Waals surface area (Å²) in [6.45, 7) is -0.294. The standard InChI is InChI=1S/Au.4HI.K/h;4*1H;/q+3;;;;;+1/p-4. The van der Waals surface area contributed by atoms with E-state index in [1.54, 1.807) is 0 Å². The summed E-state index contributed by atoms with van der Waals surface area (Å²) < 4.78 is 0. The first-order valence-corrected chi connectivity index (χ1v) is 18.8. The Morgan fingerprint density at radius 1 is 1.00 bits per heavy atom. The van der Waals surface area contributed by atoms with Crippen molar-refractivity contribution in [2.75, 3.05) is 0 Å². The molecule has 0 heterocycles. The molecule has 0 saturated heterocycles. The van der Waals surface area contributed by atoms with Crippen LogP contribution >= 0.6 is 57.1 Å². The molecule has 0 spiro atoms. The summed E-state index contributed by atoms with van der Waals surface area (Å²) in [5, 5.41) is 0. The van der Waals surface area contributed by atoms with Crippen LogP contribution in [0.3, 0.4) is 0 Å². The van der Waals surface area contributed by atoms with Gasteiger partial charge in [-0.15, -0.1) is 0 Å². The zero-order chi connectivity index (χ0) is 3.58. The van der Waals surface area contributed by atoms with Crippen LogP contribution in [0.15, 0.2) is 0 Å². The van der Waals surface area contributed by atoms with Gasteiger partial charge in [-0.25, -0.2) is 0 Å². The Hall–Kier alpha value is 5.30. The SMILES string of the molecule is [I-].[I][Au]([I])[I].[K+]. The molecule has 6 heavy (non-hydrogen) atoms. The van der Waals surface area contributed by atoms with Crippen molar-refractivity contribution in [1.82, 2.24) is 0 Å². The molecule has 0 aromatic rings. The minimum Gasteiger partial charge on any atom is 1.00 e. The number of halogens is 4. The van der Waals surface area contributed by atoms with Gasteiger partial charge in [0.1, 0.15) is 0 Å². The second kappa shape index (κ2) is 12.9. The topological polar surface area (TPSA) is 0 Å². The second-order valence-corrected chi connectivity index (χ2v) is 47.6. The maximum absolute atomic E-state index is 2.46. The van der Waals surface area contributed by atoms with E-state index in [9.17, 15) is 0 Å². The van der Waals surface area contributed by atoms with Gasteiger partial charge in [0, 0.05) is 0 Å². The first kappa shape index (κ1) is 17.4. The van der Waals surface area contributed by atoms with Crippen molar-refractivity contribution in [3.63, 3.8) is 0 Å². The van der Waals surface area contributed by atoms with E-state index in [0.717, 1.165) is 0 Å². The van der Waals surface area contributed by atoms with Crippen LogP contribution in [0.2, 0.25) is 0 Å². The Morgan fingerprint density at radius 2 is 1.00 bits per heavy atom. The molecule has 0 amide bonds. The largest absolute Gasteiger partial charge is 1.00 e. The molecule has 40 valence electrons. The minimum absolute atomic E-state index is 0. The Morgan fingerprint density at radius 3 is 1.00 bits per heavy atom. The molecule has 0 aliphatic heterocycles. The smallest absolute Gasteiger partial charge is 1.00 e. The van der Waals surface area contributed by atoms with Crippen molar-refractivity contribution in [2.45, 2.75) is 0 Å². The van der Waals surface area contributed by atoms with Gasteiger partial charge in [-0.3, -0.25) is 0 Å². The van der Waals surface area contributed by atoms with Gasteiger partial charge in [-0.1, -0.05) is 0 Å². The maximum atomic E-state index is 2.46. The third-order valence-corrected chi connectivity index (χ3v) is 0. The van der Waals surface area contributed by atoms with Crippen LogP contribution < -0.4 is 75.4 Å². The van der Waals surface area contributed by atoms with Crippen LogP contribution in [0.25, 0.3) is 0 Å². The molecule has 0 unspecified atom stereocenters. The van der Waals surface area contributed by atoms with Gasteiger partial charge >= 0.3 is 115 Å². The number of rotatable bonds is 0. The molecular weight excluding hydrogens is 744 g/mol. The summed E-state index contributed by atoms with van der Waals surface area (Å²) in [6, 6.07) is 0. The third-order valence-electron chi connectivity index (χ3n) is 0. The van der Waals surface area contributed by atoms with Gasteiger partial charge in [0.25, 0.3) is 0 Å². The van der Waals surface area contributed by atoms with E-state index in [2.05, 4.69) is 57.1 Å². The van der Waals surface area contributed by atoms with Crippen LogP contribution in [-0.4, -0.2) is 0 Å². The zero-order valence-electron chi connectivity index (χ0n) is 2.81. The molecular formula is AuI4K. The minimum atomic E-state index is -0.294. The molecule has 0 aliphatic rings. The predicted molar refractivity (Wildman–Crippen MR) is 42.1 cm³/mol. The van der Waals surface area contributed by atoms with Gasteiger partial charge in [0.2, 0.25) is 0 Å². The molecule has 0 saturated carbocycles. The van der Waals surface area contributed by atoms with E-state index >= 15 is 0 Å². The van der Waals surface area contributed by atoms with Crippen LogP contribution in [0.4, 0.5) is 0 Å². The molecule has 0 aromatic heterocycles. The van der Waals surface area contributed by atoms with Crippen LogP contribution in [-0.2, 0) is 6.99 Å². The Kier molecular flexibility index (Phi) is 37.5. The molecule has 6 heteroatoms. The zero-order valence-corrected chi connectivity index (χ0v) is 16.7. The Balaban J connectivity index is -0.0000000450. The summed E-state index contributed by atoms with van der Waals surface area (Å²) in [5.74, 6) is 0. The van der Waals surface area contributed by atoms with Gasteiger partial charge in [-0.2, -0.15) is 0 Å². The Bertz CT molecular complexity index is 12.3. The van der Waals surface area contributed by atoms with E-state index in [-0.39, 0.29) is 82.4 Å². The molecule has 0 rings (SSSR count). The maximum Gasteiger partial charge on any atom is 1.00 e. The fraction of sp³-hybridized carbons (Fsp3) is 0. The van der Waals surface area contributed by atoms with E-state index in [0.29, 0.717) is 0 Å². The number of hydrogen-bond acceptors (Lipinski definition) is 0. The van der Waals surface area contributed by atoms with Crippen molar-refractivity contribution in [3.8, 4) is 0 Å². The molecule has 0 aromatic carbocycles. The van der Waals surface area contributed by atoms with E-state index in [1.807, 2.05) is 0 Å². The molecule has 0 fully saturated rings. The fourth-order valence-corrected chi connectivity index (χ4v) is 0. The second-order valence-electron chi connectivity index (χ2n) is 0.129. The molecule has 0 radical (unpaired) electrons. The average molecular weight is 744 g/mol. The third kappa shape index (κ3) is 22.8. The Labute approximate surface area is 134 Å². The van der Waals surface area contributed by atoms with Crippen molar-refractivity contribution >= 4 is 57.1 Å². The summed E-state index contributed by atoms with van der Waals surface area (Å²) >= 11 is 7.39. The van der Waals surface area contributed by atoms with Crippen LogP contribution in [0.5, 0.6) is 0 Å². The normalized spacial score (nSPS) is 7.50. The van der Waals surface area contributed by atoms with E-state index in [1.165, 1.54) is 0 Å². The summed E-state index contributed by atoms with van der Waals surface area (Å²) in [5.41, 5.74) is 0. The van der Waals surface area contributed by atoms with Crippen molar-refractivity contribution in [1.29, 1.82) is 0 Å². The number of hydrogen-bond donors (Lipinski definition) is 0. The molecule has 0 N–H and O–H groups in total. The van der Waals surface area contributed by atoms with E-state index < -0.39 is 0 Å². The molecule has 0 aliphatic carbocycles. The van der Waals surface area contributed by atoms with Crippen molar-refractivity contribution in [2.24, 2.45) is 0 Å². The molecule has 0 nitrogen and oxygen atoms in total. The monoisotopic (exact) mass is 744 g/mol. The molecule has 0 bridgehead atoms. The van der Waals surface area contributed by atoms with Gasteiger partial charge in [-0.05, 0) is 0 Å². The van der Waals surface area contributed by atoms with Crippen molar-refractivity contribution in [3.05, 3.63) is 0 Å². The van der Waals surface area contributed by atoms with Gasteiger partial charge in [0.15, 0.2) is 0 Å².